The van der Waals surface area contributed by atoms with E-state index in [1.54, 1.807) is 0 Å². The zero-order chi connectivity index (χ0) is 13.3. The van der Waals surface area contributed by atoms with Crippen LogP contribution < -0.4 is 4.72 Å². The lowest BCUT2D eigenvalue weighted by molar-refractivity contribution is 0.00963. The van der Waals surface area contributed by atoms with Crippen LogP contribution in [-0.2, 0) is 14.9 Å². The summed E-state index contributed by atoms with van der Waals surface area (Å²) in [6.07, 6.45) is -0.0287. The van der Waals surface area contributed by atoms with Crippen molar-refractivity contribution in [2.45, 2.75) is 26.0 Å². The van der Waals surface area contributed by atoms with Gasteiger partial charge in [-0.1, -0.05) is 6.92 Å². The number of hydrogen-bond acceptors (Lipinski definition) is 4. The van der Waals surface area contributed by atoms with Crippen LogP contribution in [0.15, 0.2) is 0 Å². The van der Waals surface area contributed by atoms with Crippen LogP contribution in [0.1, 0.15) is 13.8 Å². The smallest absolute Gasteiger partial charge is 0.279 e. The molecule has 18 heavy (non-hydrogen) atoms. The van der Waals surface area contributed by atoms with Gasteiger partial charge in [0.25, 0.3) is 10.2 Å². The molecule has 0 saturated carbocycles. The lowest BCUT2D eigenvalue weighted by Gasteiger charge is -2.31. The summed E-state index contributed by atoms with van der Waals surface area (Å²) < 4.78 is 34.2. The molecule has 106 valence electrons. The van der Waals surface area contributed by atoms with Gasteiger partial charge in [-0.25, -0.2) is 0 Å². The summed E-state index contributed by atoms with van der Waals surface area (Å²) >= 11 is 0. The Bertz CT molecular complexity index is 387. The molecule has 2 heterocycles. The maximum atomic E-state index is 12.3. The molecule has 0 bridgehead atoms. The molecule has 0 aromatic rings. The zero-order valence-electron chi connectivity index (χ0n) is 11.3. The molecule has 3 atom stereocenters. The second-order valence-electron chi connectivity index (χ2n) is 5.47. The molecular weight excluding hydrogens is 254 g/mol. The van der Waals surface area contributed by atoms with Crippen LogP contribution in [0.5, 0.6) is 0 Å². The quantitative estimate of drug-likeness (QED) is 0.755. The molecule has 7 heteroatoms. The number of nitrogens with zero attached hydrogens (tertiary/aromatic N) is 2. The van der Waals surface area contributed by atoms with E-state index in [4.69, 9.17) is 4.74 Å². The molecule has 6 nitrogen and oxygen atoms in total. The van der Waals surface area contributed by atoms with Crippen molar-refractivity contribution in [1.29, 1.82) is 0 Å². The molecule has 0 unspecified atom stereocenters. The molecule has 0 radical (unpaired) electrons. The summed E-state index contributed by atoms with van der Waals surface area (Å²) in [5.41, 5.74) is 0. The van der Waals surface area contributed by atoms with E-state index in [-0.39, 0.29) is 12.1 Å². The van der Waals surface area contributed by atoms with Crippen molar-refractivity contribution >= 4 is 10.2 Å². The van der Waals surface area contributed by atoms with E-state index >= 15 is 0 Å². The van der Waals surface area contributed by atoms with E-state index in [0.29, 0.717) is 25.6 Å². The molecule has 0 aliphatic carbocycles. The second-order valence-corrected chi connectivity index (χ2v) is 7.17. The minimum absolute atomic E-state index is 0.0122. The van der Waals surface area contributed by atoms with Gasteiger partial charge >= 0.3 is 0 Å². The first-order valence-corrected chi connectivity index (χ1v) is 7.90. The van der Waals surface area contributed by atoms with Crippen molar-refractivity contribution in [3.05, 3.63) is 0 Å². The maximum Gasteiger partial charge on any atom is 0.279 e. The van der Waals surface area contributed by atoms with E-state index in [9.17, 15) is 8.42 Å². The Kier molecular flexibility index (Phi) is 4.28. The van der Waals surface area contributed by atoms with Gasteiger partial charge in [0.15, 0.2) is 0 Å². The number of morpholine rings is 1. The first kappa shape index (κ1) is 14.2. The van der Waals surface area contributed by atoms with Gasteiger partial charge in [-0.15, -0.1) is 0 Å². The van der Waals surface area contributed by atoms with Crippen molar-refractivity contribution in [1.82, 2.24) is 13.9 Å². The fourth-order valence-electron chi connectivity index (χ4n) is 2.63. The van der Waals surface area contributed by atoms with E-state index in [1.165, 1.54) is 4.31 Å². The summed E-state index contributed by atoms with van der Waals surface area (Å²) in [5.74, 6) is 0.350. The SMILES string of the molecule is C[C@@H]1CN(S(=O)(=O)N[C@H]2CN(C)C[C@H]2C)CCO1. The molecule has 2 aliphatic rings. The maximum absolute atomic E-state index is 12.3. The highest BCUT2D eigenvalue weighted by atomic mass is 32.2. The van der Waals surface area contributed by atoms with Gasteiger partial charge in [-0.3, -0.25) is 0 Å². The van der Waals surface area contributed by atoms with Crippen LogP contribution in [0, 0.1) is 5.92 Å². The van der Waals surface area contributed by atoms with E-state index in [0.717, 1.165) is 13.1 Å². The summed E-state index contributed by atoms with van der Waals surface area (Å²) in [7, 11) is -1.36. The highest BCUT2D eigenvalue weighted by molar-refractivity contribution is 7.87. The second kappa shape index (κ2) is 5.42. The lowest BCUT2D eigenvalue weighted by Crippen LogP contribution is -2.52. The van der Waals surface area contributed by atoms with Crippen molar-refractivity contribution in [3.63, 3.8) is 0 Å². The number of ether oxygens (including phenoxy) is 1. The minimum Gasteiger partial charge on any atom is -0.376 e. The van der Waals surface area contributed by atoms with Crippen molar-refractivity contribution < 1.29 is 13.2 Å². The molecule has 0 amide bonds. The molecule has 2 aliphatic heterocycles. The fraction of sp³-hybridized carbons (Fsp3) is 1.00. The Morgan fingerprint density at radius 3 is 2.50 bits per heavy atom. The average Bonchev–Trinajstić information content (AvgIpc) is 2.56. The van der Waals surface area contributed by atoms with Gasteiger partial charge in [0.2, 0.25) is 0 Å². The molecule has 0 spiro atoms. The topological polar surface area (TPSA) is 61.9 Å². The van der Waals surface area contributed by atoms with E-state index in [2.05, 4.69) is 16.5 Å². The normalized spacial score (nSPS) is 36.1. The Balaban J connectivity index is 1.98. The zero-order valence-corrected chi connectivity index (χ0v) is 12.1. The third-order valence-electron chi connectivity index (χ3n) is 3.64. The molecule has 0 aromatic carbocycles. The average molecular weight is 277 g/mol. The third kappa shape index (κ3) is 3.21. The predicted octanol–water partition coefficient (Wildman–Crippen LogP) is -0.508. The molecule has 0 aromatic heterocycles. The number of hydrogen-bond donors (Lipinski definition) is 1. The first-order chi connectivity index (χ1) is 8.38. The van der Waals surface area contributed by atoms with Crippen LogP contribution in [-0.4, -0.2) is 69.6 Å². The van der Waals surface area contributed by atoms with Crippen LogP contribution in [0.3, 0.4) is 0 Å². The number of likely N-dealkylation sites (tertiary alicyclic amines) is 1. The summed E-state index contributed by atoms with van der Waals surface area (Å²) in [4.78, 5) is 2.15. The van der Waals surface area contributed by atoms with Crippen LogP contribution in [0.2, 0.25) is 0 Å². The highest BCUT2D eigenvalue weighted by Gasteiger charge is 2.34. The third-order valence-corrected chi connectivity index (χ3v) is 5.25. The molecule has 2 fully saturated rings. The summed E-state index contributed by atoms with van der Waals surface area (Å²) in [6, 6.07) is 0.0122. The van der Waals surface area contributed by atoms with Crippen molar-refractivity contribution in [3.8, 4) is 0 Å². The van der Waals surface area contributed by atoms with E-state index in [1.807, 2.05) is 14.0 Å². The van der Waals surface area contributed by atoms with Gasteiger partial charge in [-0.2, -0.15) is 17.4 Å². The number of nitrogens with one attached hydrogen (secondary N) is 1. The Hall–Kier alpha value is -0.210. The van der Waals surface area contributed by atoms with Crippen molar-refractivity contribution in [2.24, 2.45) is 5.92 Å². The predicted molar refractivity (Wildman–Crippen MR) is 69.5 cm³/mol. The number of likely N-dealkylation sites (N-methyl/N-ethyl adjacent to an activating group) is 1. The highest BCUT2D eigenvalue weighted by Crippen LogP contribution is 2.17. The van der Waals surface area contributed by atoms with Gasteiger partial charge in [0, 0.05) is 32.2 Å². The van der Waals surface area contributed by atoms with Gasteiger partial charge in [-0.05, 0) is 19.9 Å². The standard InChI is InChI=1S/C11H23N3O3S/c1-9-6-13(3)8-11(9)12-18(15,16)14-4-5-17-10(2)7-14/h9-12H,4-8H2,1-3H3/t9-,10-,11+/m1/s1. The number of rotatable bonds is 3. The van der Waals surface area contributed by atoms with Gasteiger partial charge in [0.1, 0.15) is 0 Å². The van der Waals surface area contributed by atoms with Crippen LogP contribution in [0.4, 0.5) is 0 Å². The van der Waals surface area contributed by atoms with Gasteiger partial charge < -0.3 is 9.64 Å². The first-order valence-electron chi connectivity index (χ1n) is 6.46. The molecule has 2 saturated heterocycles. The monoisotopic (exact) mass is 277 g/mol. The molecule has 1 N–H and O–H groups in total. The largest absolute Gasteiger partial charge is 0.376 e. The molecule has 2 rings (SSSR count). The Morgan fingerprint density at radius 1 is 1.22 bits per heavy atom. The Morgan fingerprint density at radius 2 is 1.94 bits per heavy atom. The fourth-order valence-corrected chi connectivity index (χ4v) is 4.19. The van der Waals surface area contributed by atoms with Gasteiger partial charge in [0.05, 0.1) is 12.7 Å². The minimum atomic E-state index is -3.38. The van der Waals surface area contributed by atoms with E-state index < -0.39 is 10.2 Å². The summed E-state index contributed by atoms with van der Waals surface area (Å²) in [5, 5.41) is 0. The van der Waals surface area contributed by atoms with Crippen LogP contribution in [0.25, 0.3) is 0 Å². The van der Waals surface area contributed by atoms with Crippen LogP contribution >= 0.6 is 0 Å². The van der Waals surface area contributed by atoms with Crippen molar-refractivity contribution in [2.75, 3.05) is 39.8 Å². The molecular formula is C11H23N3O3S. The Labute approximate surface area is 109 Å². The summed E-state index contributed by atoms with van der Waals surface area (Å²) in [6.45, 7) is 7.05. The lowest BCUT2D eigenvalue weighted by atomic mass is 10.1.